The average molecular weight is 364 g/mol. The van der Waals surface area contributed by atoms with Crippen molar-refractivity contribution in [3.63, 3.8) is 0 Å². The first-order chi connectivity index (χ1) is 12.7. The van der Waals surface area contributed by atoms with Gasteiger partial charge < -0.3 is 24.8 Å². The van der Waals surface area contributed by atoms with Crippen LogP contribution >= 0.6 is 0 Å². The van der Waals surface area contributed by atoms with E-state index in [4.69, 9.17) is 14.2 Å². The van der Waals surface area contributed by atoms with E-state index >= 15 is 0 Å². The Hall–Kier alpha value is -1.83. The Morgan fingerprint density at radius 2 is 1.92 bits per heavy atom. The number of nitrogens with one attached hydrogen (secondary N) is 2. The van der Waals surface area contributed by atoms with Gasteiger partial charge in [-0.3, -0.25) is 9.89 Å². The smallest absolute Gasteiger partial charge is 0.191 e. The van der Waals surface area contributed by atoms with Crippen molar-refractivity contribution in [1.82, 2.24) is 15.5 Å². The lowest BCUT2D eigenvalue weighted by Gasteiger charge is -2.35. The van der Waals surface area contributed by atoms with Crippen LogP contribution in [0.25, 0.3) is 0 Å². The average Bonchev–Trinajstić information content (AvgIpc) is 2.68. The van der Waals surface area contributed by atoms with Crippen LogP contribution in [0.3, 0.4) is 0 Å². The molecular formula is C19H32N4O3. The van der Waals surface area contributed by atoms with Crippen molar-refractivity contribution >= 4 is 5.96 Å². The molecule has 1 aromatic carbocycles. The maximum Gasteiger partial charge on any atom is 0.191 e. The van der Waals surface area contributed by atoms with Gasteiger partial charge in [0.2, 0.25) is 0 Å². The summed E-state index contributed by atoms with van der Waals surface area (Å²) in [6.45, 7) is 6.83. The zero-order valence-electron chi connectivity index (χ0n) is 16.3. The van der Waals surface area contributed by atoms with Crippen LogP contribution in [0.1, 0.15) is 18.5 Å². The summed E-state index contributed by atoms with van der Waals surface area (Å²) < 4.78 is 16.0. The van der Waals surface area contributed by atoms with E-state index < -0.39 is 0 Å². The molecule has 1 saturated heterocycles. The molecule has 0 spiro atoms. The molecule has 0 bridgehead atoms. The molecule has 1 aliphatic heterocycles. The normalized spacial score (nSPS) is 18.2. The number of ether oxygens (including phenoxy) is 3. The number of rotatable bonds is 8. The van der Waals surface area contributed by atoms with E-state index in [1.165, 1.54) is 5.56 Å². The summed E-state index contributed by atoms with van der Waals surface area (Å²) >= 11 is 0. The Labute approximate surface area is 156 Å². The maximum atomic E-state index is 5.52. The number of hydrogen-bond acceptors (Lipinski definition) is 5. The van der Waals surface area contributed by atoms with Gasteiger partial charge in [0.1, 0.15) is 5.75 Å². The summed E-state index contributed by atoms with van der Waals surface area (Å²) in [4.78, 5) is 6.77. The van der Waals surface area contributed by atoms with Crippen molar-refractivity contribution < 1.29 is 14.2 Å². The summed E-state index contributed by atoms with van der Waals surface area (Å²) in [5, 5.41) is 6.80. The van der Waals surface area contributed by atoms with Crippen LogP contribution in [0.15, 0.2) is 29.3 Å². The molecule has 0 amide bonds. The van der Waals surface area contributed by atoms with Crippen molar-refractivity contribution in [1.29, 1.82) is 0 Å². The first-order valence-corrected chi connectivity index (χ1v) is 9.09. The second-order valence-electron chi connectivity index (χ2n) is 6.39. The third kappa shape index (κ3) is 6.16. The number of benzene rings is 1. The topological polar surface area (TPSA) is 67.4 Å². The second-order valence-corrected chi connectivity index (χ2v) is 6.39. The fraction of sp³-hybridized carbons (Fsp3) is 0.632. The number of hydrogen-bond donors (Lipinski definition) is 2. The van der Waals surface area contributed by atoms with E-state index in [1.807, 2.05) is 12.1 Å². The predicted octanol–water partition coefficient (Wildman–Crippen LogP) is 1.27. The lowest BCUT2D eigenvalue weighted by molar-refractivity contribution is 0.0169. The van der Waals surface area contributed by atoms with E-state index in [2.05, 4.69) is 39.6 Å². The molecular weight excluding hydrogens is 332 g/mol. The number of methoxy groups -OCH3 is 2. The molecule has 1 aromatic rings. The summed E-state index contributed by atoms with van der Waals surface area (Å²) in [7, 11) is 5.17. The Balaban J connectivity index is 2.05. The third-order valence-electron chi connectivity index (χ3n) is 4.47. The fourth-order valence-electron chi connectivity index (χ4n) is 3.09. The number of aliphatic imine (C=N–C) groups is 1. The standard InChI is InChI=1S/C19H32N4O3/c1-15(14-24-3)22-19(20-2)21-13-18(23-9-11-26-12-10-23)16-5-7-17(25-4)8-6-16/h5-8,15,18H,9-14H2,1-4H3,(H2,20,21,22). The zero-order chi connectivity index (χ0) is 18.8. The van der Waals surface area contributed by atoms with E-state index in [0.717, 1.165) is 44.6 Å². The first-order valence-electron chi connectivity index (χ1n) is 9.09. The molecule has 26 heavy (non-hydrogen) atoms. The van der Waals surface area contributed by atoms with Crippen LogP contribution in [-0.2, 0) is 9.47 Å². The van der Waals surface area contributed by atoms with Crippen LogP contribution in [0, 0.1) is 0 Å². The summed E-state index contributed by atoms with van der Waals surface area (Å²) in [5.41, 5.74) is 1.25. The van der Waals surface area contributed by atoms with Crippen molar-refractivity contribution in [2.75, 3.05) is 60.7 Å². The second kappa shape index (κ2) is 11.0. The molecule has 7 heteroatoms. The van der Waals surface area contributed by atoms with Gasteiger partial charge in [0.25, 0.3) is 0 Å². The van der Waals surface area contributed by atoms with Crippen LogP contribution in [0.5, 0.6) is 5.75 Å². The maximum absolute atomic E-state index is 5.52. The van der Waals surface area contributed by atoms with Crippen LogP contribution in [0.2, 0.25) is 0 Å². The van der Waals surface area contributed by atoms with Gasteiger partial charge in [-0.25, -0.2) is 0 Å². The largest absolute Gasteiger partial charge is 0.497 e. The highest BCUT2D eigenvalue weighted by atomic mass is 16.5. The highest BCUT2D eigenvalue weighted by Gasteiger charge is 2.23. The summed E-state index contributed by atoms with van der Waals surface area (Å²) in [5.74, 6) is 1.65. The molecule has 0 radical (unpaired) electrons. The van der Waals surface area contributed by atoms with Crippen molar-refractivity contribution in [2.45, 2.75) is 19.0 Å². The molecule has 1 aliphatic rings. The number of nitrogens with zero attached hydrogens (tertiary/aromatic N) is 2. The predicted molar refractivity (Wildman–Crippen MR) is 104 cm³/mol. The molecule has 2 unspecified atom stereocenters. The molecule has 2 N–H and O–H groups in total. The lowest BCUT2D eigenvalue weighted by atomic mass is 10.0. The fourth-order valence-corrected chi connectivity index (χ4v) is 3.09. The molecule has 1 fully saturated rings. The Morgan fingerprint density at radius 3 is 2.50 bits per heavy atom. The van der Waals surface area contributed by atoms with Crippen molar-refractivity contribution in [2.24, 2.45) is 4.99 Å². The minimum absolute atomic E-state index is 0.189. The summed E-state index contributed by atoms with van der Waals surface area (Å²) in [6.07, 6.45) is 0. The van der Waals surface area contributed by atoms with Gasteiger partial charge in [-0.15, -0.1) is 0 Å². The van der Waals surface area contributed by atoms with Crippen molar-refractivity contribution in [3.8, 4) is 5.75 Å². The van der Waals surface area contributed by atoms with E-state index in [0.29, 0.717) is 6.61 Å². The third-order valence-corrected chi connectivity index (χ3v) is 4.47. The van der Waals surface area contributed by atoms with E-state index in [1.54, 1.807) is 21.3 Å². The Morgan fingerprint density at radius 1 is 1.23 bits per heavy atom. The molecule has 0 aromatic heterocycles. The first kappa shape index (κ1) is 20.5. The van der Waals surface area contributed by atoms with Gasteiger partial charge in [0, 0.05) is 39.8 Å². The quantitative estimate of drug-likeness (QED) is 0.535. The van der Waals surface area contributed by atoms with Crippen molar-refractivity contribution in [3.05, 3.63) is 29.8 Å². The van der Waals surface area contributed by atoms with Gasteiger partial charge in [-0.2, -0.15) is 0 Å². The van der Waals surface area contributed by atoms with E-state index in [9.17, 15) is 0 Å². The number of morpholine rings is 1. The number of guanidine groups is 1. The van der Waals surface area contributed by atoms with Crippen LogP contribution in [0.4, 0.5) is 0 Å². The Bertz CT molecular complexity index is 544. The zero-order valence-corrected chi connectivity index (χ0v) is 16.3. The van der Waals surface area contributed by atoms with Gasteiger partial charge in [0.05, 0.1) is 33.0 Å². The van der Waals surface area contributed by atoms with Gasteiger partial charge in [-0.1, -0.05) is 12.1 Å². The molecule has 1 heterocycles. The van der Waals surface area contributed by atoms with E-state index in [-0.39, 0.29) is 12.1 Å². The molecule has 0 saturated carbocycles. The van der Waals surface area contributed by atoms with Crippen LogP contribution < -0.4 is 15.4 Å². The summed E-state index contributed by atoms with van der Waals surface area (Å²) in [6, 6.07) is 8.71. The highest BCUT2D eigenvalue weighted by molar-refractivity contribution is 5.80. The molecule has 7 nitrogen and oxygen atoms in total. The minimum Gasteiger partial charge on any atom is -0.497 e. The highest BCUT2D eigenvalue weighted by Crippen LogP contribution is 2.23. The molecule has 2 atom stereocenters. The van der Waals surface area contributed by atoms with Crippen LogP contribution in [-0.4, -0.2) is 77.6 Å². The molecule has 146 valence electrons. The molecule has 0 aliphatic carbocycles. The minimum atomic E-state index is 0.189. The Kier molecular flexibility index (Phi) is 8.67. The lowest BCUT2D eigenvalue weighted by Crippen LogP contribution is -2.48. The monoisotopic (exact) mass is 364 g/mol. The van der Waals surface area contributed by atoms with Gasteiger partial charge in [0.15, 0.2) is 5.96 Å². The SMILES string of the molecule is CN=C(NCC(c1ccc(OC)cc1)N1CCOCC1)NC(C)COC. The van der Waals surface area contributed by atoms with Gasteiger partial charge in [-0.05, 0) is 24.6 Å². The molecule has 2 rings (SSSR count). The van der Waals surface area contributed by atoms with Gasteiger partial charge >= 0.3 is 0 Å².